The molecule has 3 nitrogen and oxygen atoms in total. The van der Waals surface area contributed by atoms with Gasteiger partial charge >= 0.3 is 0 Å². The molecule has 4 heteroatoms. The van der Waals surface area contributed by atoms with Crippen LogP contribution in [0.4, 0.5) is 0 Å². The van der Waals surface area contributed by atoms with Crippen molar-refractivity contribution in [2.45, 2.75) is 62.7 Å². The van der Waals surface area contributed by atoms with Crippen molar-refractivity contribution in [2.24, 2.45) is 0 Å². The van der Waals surface area contributed by atoms with E-state index in [2.05, 4.69) is 11.6 Å². The fourth-order valence-corrected chi connectivity index (χ4v) is 3.61. The second kappa shape index (κ2) is 5.91. The van der Waals surface area contributed by atoms with Crippen molar-refractivity contribution in [3.63, 3.8) is 0 Å². The second-order valence-electron chi connectivity index (χ2n) is 5.55. The van der Waals surface area contributed by atoms with Crippen molar-refractivity contribution in [2.75, 3.05) is 19.5 Å². The fraction of sp³-hybridized carbons (Fsp3) is 1.00. The van der Waals surface area contributed by atoms with Gasteiger partial charge in [-0.2, -0.15) is 11.8 Å². The molecule has 0 radical (unpaired) electrons. The average molecular weight is 259 g/mol. The summed E-state index contributed by atoms with van der Waals surface area (Å²) in [6.07, 6.45) is 7.61. The second-order valence-corrected chi connectivity index (χ2v) is 6.63. The summed E-state index contributed by atoms with van der Waals surface area (Å²) in [4.78, 5) is 0. The van der Waals surface area contributed by atoms with Gasteiger partial charge in [0.1, 0.15) is 0 Å². The molecule has 0 aromatic heterocycles. The van der Waals surface area contributed by atoms with Crippen LogP contribution >= 0.6 is 11.8 Å². The summed E-state index contributed by atoms with van der Waals surface area (Å²) < 4.78 is 11.4. The Kier molecular flexibility index (Phi) is 4.75. The van der Waals surface area contributed by atoms with Crippen LogP contribution in [0.3, 0.4) is 0 Å². The van der Waals surface area contributed by atoms with E-state index in [0.717, 1.165) is 18.5 Å². The van der Waals surface area contributed by atoms with Crippen LogP contribution in [0, 0.1) is 0 Å². The molecule has 1 heterocycles. The molecule has 2 fully saturated rings. The van der Waals surface area contributed by atoms with Gasteiger partial charge in [-0.15, -0.1) is 0 Å². The first-order chi connectivity index (χ1) is 8.11. The van der Waals surface area contributed by atoms with Gasteiger partial charge in [0.15, 0.2) is 5.79 Å². The summed E-state index contributed by atoms with van der Waals surface area (Å²) >= 11 is 2.00. The van der Waals surface area contributed by atoms with Crippen LogP contribution < -0.4 is 5.32 Å². The molecule has 1 aliphatic carbocycles. The first kappa shape index (κ1) is 13.7. The van der Waals surface area contributed by atoms with E-state index in [1.54, 1.807) is 0 Å². The third kappa shape index (κ3) is 3.85. The van der Waals surface area contributed by atoms with Crippen molar-refractivity contribution < 1.29 is 9.47 Å². The molecular formula is C13H25NO2S. The van der Waals surface area contributed by atoms with E-state index in [1.807, 2.05) is 25.6 Å². The zero-order valence-corrected chi connectivity index (χ0v) is 12.0. The molecule has 0 spiro atoms. The van der Waals surface area contributed by atoms with E-state index in [9.17, 15) is 0 Å². The van der Waals surface area contributed by atoms with Crippen molar-refractivity contribution in [3.05, 3.63) is 0 Å². The van der Waals surface area contributed by atoms with Gasteiger partial charge in [0, 0.05) is 11.3 Å². The Bertz CT molecular complexity index is 238. The molecule has 1 saturated heterocycles. The highest BCUT2D eigenvalue weighted by molar-refractivity contribution is 7.99. The maximum absolute atomic E-state index is 5.70. The molecule has 1 N–H and O–H groups in total. The topological polar surface area (TPSA) is 30.5 Å². The zero-order valence-electron chi connectivity index (χ0n) is 11.2. The highest BCUT2D eigenvalue weighted by Crippen LogP contribution is 2.28. The van der Waals surface area contributed by atoms with Crippen LogP contribution in [-0.4, -0.2) is 42.6 Å². The minimum Gasteiger partial charge on any atom is -0.349 e. The van der Waals surface area contributed by atoms with Crippen LogP contribution in [0.5, 0.6) is 0 Å². The van der Waals surface area contributed by atoms with Gasteiger partial charge in [0.25, 0.3) is 0 Å². The summed E-state index contributed by atoms with van der Waals surface area (Å²) in [6, 6.07) is 0.998. The minimum atomic E-state index is -0.399. The van der Waals surface area contributed by atoms with Gasteiger partial charge in [-0.25, -0.2) is 0 Å². The van der Waals surface area contributed by atoms with Gasteiger partial charge in [-0.05, 0) is 32.9 Å². The van der Waals surface area contributed by atoms with Crippen LogP contribution in [0.25, 0.3) is 0 Å². The number of nitrogens with one attached hydrogen (secondary N) is 1. The molecule has 2 atom stereocenters. The number of rotatable bonds is 3. The van der Waals surface area contributed by atoms with Crippen molar-refractivity contribution in [1.82, 2.24) is 5.32 Å². The maximum atomic E-state index is 5.70. The Morgan fingerprint density at radius 2 is 1.76 bits per heavy atom. The molecule has 0 bridgehead atoms. The molecule has 2 aliphatic rings. The molecule has 1 saturated carbocycles. The van der Waals surface area contributed by atoms with Gasteiger partial charge in [0.05, 0.1) is 19.3 Å². The van der Waals surface area contributed by atoms with Gasteiger partial charge < -0.3 is 14.8 Å². The van der Waals surface area contributed by atoms with Gasteiger partial charge in [0.2, 0.25) is 0 Å². The lowest BCUT2D eigenvalue weighted by molar-refractivity contribution is -0.253. The summed E-state index contributed by atoms with van der Waals surface area (Å²) in [5, 5.41) is 4.49. The van der Waals surface area contributed by atoms with Crippen LogP contribution in [-0.2, 0) is 9.47 Å². The molecular weight excluding hydrogens is 234 g/mol. The average Bonchev–Trinajstić information content (AvgIpc) is 2.32. The number of hydrogen-bond donors (Lipinski definition) is 1. The molecule has 0 amide bonds. The molecule has 0 aromatic carbocycles. The lowest BCUT2D eigenvalue weighted by Crippen LogP contribution is -2.54. The SMILES string of the molecule is CSC1CCCCC1NC1COC(C)(C)OC1. The largest absolute Gasteiger partial charge is 0.349 e. The third-order valence-electron chi connectivity index (χ3n) is 3.72. The lowest BCUT2D eigenvalue weighted by Gasteiger charge is -2.39. The van der Waals surface area contributed by atoms with Crippen LogP contribution in [0.1, 0.15) is 39.5 Å². The number of thioether (sulfide) groups is 1. The summed E-state index contributed by atoms with van der Waals surface area (Å²) in [5.41, 5.74) is 0. The standard InChI is InChI=1S/C13H25NO2S/c1-13(2)15-8-10(9-16-13)14-11-6-4-5-7-12(11)17-3/h10-12,14H,4-9H2,1-3H3. The van der Waals surface area contributed by atoms with Crippen molar-refractivity contribution >= 4 is 11.8 Å². The number of hydrogen-bond acceptors (Lipinski definition) is 4. The first-order valence-corrected chi connectivity index (χ1v) is 7.96. The number of ether oxygens (including phenoxy) is 2. The highest BCUT2D eigenvalue weighted by Gasteiger charge is 2.32. The van der Waals surface area contributed by atoms with Gasteiger partial charge in [-0.1, -0.05) is 12.8 Å². The van der Waals surface area contributed by atoms with E-state index in [-0.39, 0.29) is 0 Å². The fourth-order valence-electron chi connectivity index (χ4n) is 2.66. The van der Waals surface area contributed by atoms with E-state index in [4.69, 9.17) is 9.47 Å². The predicted octanol–water partition coefficient (Wildman–Crippen LogP) is 2.40. The first-order valence-electron chi connectivity index (χ1n) is 6.67. The van der Waals surface area contributed by atoms with Crippen molar-refractivity contribution in [3.8, 4) is 0 Å². The molecule has 2 rings (SSSR count). The normalized spacial score (nSPS) is 34.8. The zero-order chi connectivity index (χ0) is 12.3. The van der Waals surface area contributed by atoms with Crippen molar-refractivity contribution in [1.29, 1.82) is 0 Å². The van der Waals surface area contributed by atoms with E-state index in [0.29, 0.717) is 12.1 Å². The molecule has 2 unspecified atom stereocenters. The lowest BCUT2D eigenvalue weighted by atomic mass is 9.94. The molecule has 0 aromatic rings. The molecule has 1 aliphatic heterocycles. The summed E-state index contributed by atoms with van der Waals surface area (Å²) in [6.45, 7) is 5.50. The van der Waals surface area contributed by atoms with E-state index >= 15 is 0 Å². The summed E-state index contributed by atoms with van der Waals surface area (Å²) in [5.74, 6) is -0.399. The predicted molar refractivity (Wildman–Crippen MR) is 72.5 cm³/mol. The van der Waals surface area contributed by atoms with E-state index in [1.165, 1.54) is 25.7 Å². The highest BCUT2D eigenvalue weighted by atomic mass is 32.2. The maximum Gasteiger partial charge on any atom is 0.162 e. The van der Waals surface area contributed by atoms with Gasteiger partial charge in [-0.3, -0.25) is 0 Å². The molecule has 100 valence electrons. The Morgan fingerprint density at radius 1 is 1.12 bits per heavy atom. The third-order valence-corrected chi connectivity index (χ3v) is 4.89. The van der Waals surface area contributed by atoms with E-state index < -0.39 is 5.79 Å². The molecule has 17 heavy (non-hydrogen) atoms. The Balaban J connectivity index is 1.80. The Labute approximate surface area is 109 Å². The Morgan fingerprint density at radius 3 is 2.41 bits per heavy atom. The van der Waals surface area contributed by atoms with Crippen LogP contribution in [0.15, 0.2) is 0 Å². The smallest absolute Gasteiger partial charge is 0.162 e. The summed E-state index contributed by atoms with van der Waals surface area (Å²) in [7, 11) is 0. The monoisotopic (exact) mass is 259 g/mol. The Hall–Kier alpha value is 0.230. The quantitative estimate of drug-likeness (QED) is 0.843. The minimum absolute atomic E-state index is 0.362. The van der Waals surface area contributed by atoms with Crippen LogP contribution in [0.2, 0.25) is 0 Å².